The summed E-state index contributed by atoms with van der Waals surface area (Å²) in [6.45, 7) is 0.889. The summed E-state index contributed by atoms with van der Waals surface area (Å²) in [6, 6.07) is 7.85. The van der Waals surface area contributed by atoms with Crippen LogP contribution in [0.15, 0.2) is 30.5 Å². The Hall–Kier alpha value is -1.35. The number of benzene rings is 1. The summed E-state index contributed by atoms with van der Waals surface area (Å²) in [5, 5.41) is 3.24. The Morgan fingerprint density at radius 3 is 2.75 bits per heavy atom. The van der Waals surface area contributed by atoms with E-state index in [9.17, 15) is 0 Å². The van der Waals surface area contributed by atoms with Gasteiger partial charge in [-0.2, -0.15) is 0 Å². The molecule has 0 fully saturated rings. The first-order valence-corrected chi connectivity index (χ1v) is 5.95. The van der Waals surface area contributed by atoms with E-state index in [1.807, 2.05) is 24.3 Å². The summed E-state index contributed by atoms with van der Waals surface area (Å²) >= 11 is 5.61. The zero-order valence-electron chi connectivity index (χ0n) is 8.99. The number of nitrogens with one attached hydrogen (secondary N) is 1. The SMILES string of the molecule is ClCCCCNc1cnc2ccccc2n1. The third-order valence-electron chi connectivity index (χ3n) is 2.32. The average Bonchev–Trinajstić information content (AvgIpc) is 2.34. The van der Waals surface area contributed by atoms with Crippen molar-refractivity contribution in [2.45, 2.75) is 12.8 Å². The first-order chi connectivity index (χ1) is 7.90. The lowest BCUT2D eigenvalue weighted by atomic mass is 10.3. The van der Waals surface area contributed by atoms with Crippen molar-refractivity contribution in [3.63, 3.8) is 0 Å². The normalized spacial score (nSPS) is 10.6. The highest BCUT2D eigenvalue weighted by molar-refractivity contribution is 6.17. The van der Waals surface area contributed by atoms with Gasteiger partial charge in [-0.05, 0) is 25.0 Å². The Labute approximate surface area is 99.9 Å². The molecule has 0 unspecified atom stereocenters. The average molecular weight is 236 g/mol. The van der Waals surface area contributed by atoms with Gasteiger partial charge in [-0.3, -0.25) is 4.98 Å². The highest BCUT2D eigenvalue weighted by atomic mass is 35.5. The van der Waals surface area contributed by atoms with Crippen molar-refractivity contribution < 1.29 is 0 Å². The zero-order chi connectivity index (χ0) is 11.2. The van der Waals surface area contributed by atoms with Crippen LogP contribution in [-0.2, 0) is 0 Å². The molecule has 1 heterocycles. The van der Waals surface area contributed by atoms with Crippen LogP contribution in [0.2, 0.25) is 0 Å². The Kier molecular flexibility index (Phi) is 3.94. The van der Waals surface area contributed by atoms with E-state index < -0.39 is 0 Å². The number of hydrogen-bond acceptors (Lipinski definition) is 3. The minimum atomic E-state index is 0.713. The fourth-order valence-corrected chi connectivity index (χ4v) is 1.67. The summed E-state index contributed by atoms with van der Waals surface area (Å²) in [5.74, 6) is 1.54. The van der Waals surface area contributed by atoms with E-state index in [1.165, 1.54) is 0 Å². The number of hydrogen-bond donors (Lipinski definition) is 1. The molecule has 84 valence electrons. The third-order valence-corrected chi connectivity index (χ3v) is 2.58. The van der Waals surface area contributed by atoms with Crippen molar-refractivity contribution >= 4 is 28.5 Å². The molecule has 0 saturated heterocycles. The molecule has 1 N–H and O–H groups in total. The minimum absolute atomic E-state index is 0.713. The molecule has 3 nitrogen and oxygen atoms in total. The van der Waals surface area contributed by atoms with E-state index in [-0.39, 0.29) is 0 Å². The number of unbranched alkanes of at least 4 members (excludes halogenated alkanes) is 1. The number of nitrogens with zero attached hydrogens (tertiary/aromatic N) is 2. The van der Waals surface area contributed by atoms with Gasteiger partial charge in [-0.25, -0.2) is 4.98 Å². The molecular weight excluding hydrogens is 222 g/mol. The number of halogens is 1. The molecule has 16 heavy (non-hydrogen) atoms. The molecule has 0 aliphatic carbocycles. The van der Waals surface area contributed by atoms with Crippen molar-refractivity contribution in [2.75, 3.05) is 17.7 Å². The van der Waals surface area contributed by atoms with E-state index in [0.717, 1.165) is 36.2 Å². The zero-order valence-corrected chi connectivity index (χ0v) is 9.74. The van der Waals surface area contributed by atoms with Crippen LogP contribution < -0.4 is 5.32 Å². The monoisotopic (exact) mass is 235 g/mol. The topological polar surface area (TPSA) is 37.8 Å². The van der Waals surface area contributed by atoms with Crippen molar-refractivity contribution in [1.82, 2.24) is 9.97 Å². The van der Waals surface area contributed by atoms with Crippen LogP contribution >= 0.6 is 11.6 Å². The van der Waals surface area contributed by atoms with Crippen LogP contribution in [0.4, 0.5) is 5.82 Å². The van der Waals surface area contributed by atoms with E-state index >= 15 is 0 Å². The lowest BCUT2D eigenvalue weighted by Gasteiger charge is -2.05. The Morgan fingerprint density at radius 1 is 1.12 bits per heavy atom. The first kappa shape index (κ1) is 11.1. The van der Waals surface area contributed by atoms with Gasteiger partial charge in [-0.1, -0.05) is 12.1 Å². The van der Waals surface area contributed by atoms with Gasteiger partial charge in [0.2, 0.25) is 0 Å². The predicted octanol–water partition coefficient (Wildman–Crippen LogP) is 3.06. The standard InChI is InChI=1S/C12H14ClN3/c13-7-3-4-8-14-12-9-15-10-5-1-2-6-11(10)16-12/h1-2,5-6,9H,3-4,7-8H2,(H,14,16). The summed E-state index contributed by atoms with van der Waals surface area (Å²) in [6.07, 6.45) is 3.84. The Balaban J connectivity index is 2.02. The number of para-hydroxylation sites is 2. The number of aromatic nitrogens is 2. The summed E-state index contributed by atoms with van der Waals surface area (Å²) in [4.78, 5) is 8.80. The maximum absolute atomic E-state index is 5.61. The van der Waals surface area contributed by atoms with Crippen LogP contribution in [-0.4, -0.2) is 22.4 Å². The van der Waals surface area contributed by atoms with Gasteiger partial charge in [0, 0.05) is 12.4 Å². The largest absolute Gasteiger partial charge is 0.369 e. The second kappa shape index (κ2) is 5.66. The lowest BCUT2D eigenvalue weighted by Crippen LogP contribution is -2.04. The van der Waals surface area contributed by atoms with Gasteiger partial charge in [0.15, 0.2) is 0 Å². The molecule has 0 aliphatic rings. The number of rotatable bonds is 5. The summed E-state index contributed by atoms with van der Waals surface area (Å²) in [5.41, 5.74) is 1.85. The molecular formula is C12H14ClN3. The van der Waals surface area contributed by atoms with E-state index in [4.69, 9.17) is 11.6 Å². The smallest absolute Gasteiger partial charge is 0.145 e. The Morgan fingerprint density at radius 2 is 1.94 bits per heavy atom. The highest BCUT2D eigenvalue weighted by Gasteiger charge is 1.97. The van der Waals surface area contributed by atoms with Gasteiger partial charge in [-0.15, -0.1) is 11.6 Å². The van der Waals surface area contributed by atoms with Crippen molar-refractivity contribution in [3.05, 3.63) is 30.5 Å². The minimum Gasteiger partial charge on any atom is -0.369 e. The van der Waals surface area contributed by atoms with Crippen LogP contribution in [0.3, 0.4) is 0 Å². The molecule has 1 aromatic heterocycles. The molecule has 0 bridgehead atoms. The van der Waals surface area contributed by atoms with E-state index in [1.54, 1.807) is 6.20 Å². The molecule has 0 radical (unpaired) electrons. The maximum atomic E-state index is 5.61. The highest BCUT2D eigenvalue weighted by Crippen LogP contribution is 2.11. The molecule has 2 rings (SSSR count). The first-order valence-electron chi connectivity index (χ1n) is 5.42. The Bertz CT molecular complexity index is 459. The van der Waals surface area contributed by atoms with Crippen LogP contribution in [0.5, 0.6) is 0 Å². The molecule has 0 saturated carbocycles. The molecule has 0 spiro atoms. The quantitative estimate of drug-likeness (QED) is 0.639. The van der Waals surface area contributed by atoms with Crippen LogP contribution in [0.25, 0.3) is 11.0 Å². The van der Waals surface area contributed by atoms with Gasteiger partial charge >= 0.3 is 0 Å². The summed E-state index contributed by atoms with van der Waals surface area (Å²) < 4.78 is 0. The van der Waals surface area contributed by atoms with Crippen molar-refractivity contribution in [2.24, 2.45) is 0 Å². The van der Waals surface area contributed by atoms with Crippen molar-refractivity contribution in [1.29, 1.82) is 0 Å². The van der Waals surface area contributed by atoms with Gasteiger partial charge in [0.05, 0.1) is 17.2 Å². The molecule has 0 aliphatic heterocycles. The fourth-order valence-electron chi connectivity index (χ4n) is 1.48. The van der Waals surface area contributed by atoms with Crippen molar-refractivity contribution in [3.8, 4) is 0 Å². The second-order valence-electron chi connectivity index (χ2n) is 3.57. The van der Waals surface area contributed by atoms with Crippen LogP contribution in [0, 0.1) is 0 Å². The van der Waals surface area contributed by atoms with Gasteiger partial charge in [0.25, 0.3) is 0 Å². The fraction of sp³-hybridized carbons (Fsp3) is 0.333. The molecule has 4 heteroatoms. The molecule has 2 aromatic rings. The second-order valence-corrected chi connectivity index (χ2v) is 3.94. The molecule has 0 atom stereocenters. The maximum Gasteiger partial charge on any atom is 0.145 e. The molecule has 0 amide bonds. The lowest BCUT2D eigenvalue weighted by molar-refractivity contribution is 0.836. The number of fused-ring (bicyclic) bond motifs is 1. The number of anilines is 1. The predicted molar refractivity (Wildman–Crippen MR) is 68.0 cm³/mol. The van der Waals surface area contributed by atoms with E-state index in [2.05, 4.69) is 15.3 Å². The molecule has 1 aromatic carbocycles. The van der Waals surface area contributed by atoms with Crippen LogP contribution in [0.1, 0.15) is 12.8 Å². The summed E-state index contributed by atoms with van der Waals surface area (Å²) in [7, 11) is 0. The van der Waals surface area contributed by atoms with E-state index in [0.29, 0.717) is 5.88 Å². The van der Waals surface area contributed by atoms with Gasteiger partial charge in [0.1, 0.15) is 5.82 Å². The van der Waals surface area contributed by atoms with Gasteiger partial charge < -0.3 is 5.32 Å². The third kappa shape index (κ3) is 2.83. The number of alkyl halides is 1.